The summed E-state index contributed by atoms with van der Waals surface area (Å²) in [5.41, 5.74) is 1.71. The van der Waals surface area contributed by atoms with Gasteiger partial charge in [0.05, 0.1) is 6.54 Å². The molecule has 0 saturated carbocycles. The molecule has 7 heteroatoms. The zero-order chi connectivity index (χ0) is 18.8. The number of carbonyl (C=O) groups is 1. The number of rotatable bonds is 8. The summed E-state index contributed by atoms with van der Waals surface area (Å²) in [4.78, 5) is 19.2. The molecule has 0 bridgehead atoms. The van der Waals surface area contributed by atoms with Crippen LogP contribution >= 0.6 is 24.0 Å². The number of carbonyl (C=O) groups excluding carboxylic acids is 1. The monoisotopic (exact) mass is 487 g/mol. The SMILES string of the molecule is CCNC(=O)c1cccc(CN=C(NCC)NCC2CCCN2CC)c1.I. The number of likely N-dealkylation sites (N-methyl/N-ethyl adjacent to an activating group) is 1. The fourth-order valence-electron chi connectivity index (χ4n) is 3.34. The summed E-state index contributed by atoms with van der Waals surface area (Å²) >= 11 is 0. The van der Waals surface area contributed by atoms with Crippen molar-refractivity contribution >= 4 is 35.8 Å². The number of nitrogens with one attached hydrogen (secondary N) is 3. The van der Waals surface area contributed by atoms with Crippen LogP contribution in [0.5, 0.6) is 0 Å². The molecule has 1 aromatic rings. The lowest BCUT2D eigenvalue weighted by Gasteiger charge is -2.24. The molecule has 0 aromatic heterocycles. The van der Waals surface area contributed by atoms with Gasteiger partial charge in [-0.05, 0) is 57.5 Å². The van der Waals surface area contributed by atoms with Gasteiger partial charge in [-0.2, -0.15) is 0 Å². The highest BCUT2D eigenvalue weighted by molar-refractivity contribution is 14.0. The maximum atomic E-state index is 12.0. The third-order valence-corrected chi connectivity index (χ3v) is 4.70. The molecule has 1 unspecified atom stereocenters. The number of hydrogen-bond donors (Lipinski definition) is 3. The van der Waals surface area contributed by atoms with Crippen molar-refractivity contribution in [3.63, 3.8) is 0 Å². The summed E-state index contributed by atoms with van der Waals surface area (Å²) in [6.07, 6.45) is 2.52. The Bertz CT molecular complexity index is 608. The Morgan fingerprint density at radius 3 is 2.67 bits per heavy atom. The summed E-state index contributed by atoms with van der Waals surface area (Å²) in [6.45, 7) is 11.4. The van der Waals surface area contributed by atoms with E-state index in [0.717, 1.165) is 31.2 Å². The number of nitrogens with zero attached hydrogens (tertiary/aromatic N) is 2. The molecule has 1 atom stereocenters. The molecule has 1 heterocycles. The lowest BCUT2D eigenvalue weighted by atomic mass is 10.1. The highest BCUT2D eigenvalue weighted by Gasteiger charge is 2.22. The Morgan fingerprint density at radius 2 is 1.96 bits per heavy atom. The summed E-state index contributed by atoms with van der Waals surface area (Å²) in [7, 11) is 0. The molecular formula is C20H34IN5O. The molecule has 0 radical (unpaired) electrons. The van der Waals surface area contributed by atoms with Crippen molar-refractivity contribution in [3.8, 4) is 0 Å². The normalized spacial score (nSPS) is 17.3. The number of benzene rings is 1. The van der Waals surface area contributed by atoms with Crippen molar-refractivity contribution in [3.05, 3.63) is 35.4 Å². The van der Waals surface area contributed by atoms with Gasteiger partial charge in [-0.3, -0.25) is 9.69 Å². The van der Waals surface area contributed by atoms with Crippen LogP contribution in [0.3, 0.4) is 0 Å². The number of aliphatic imine (C=N–C) groups is 1. The third kappa shape index (κ3) is 7.65. The molecule has 1 saturated heterocycles. The van der Waals surface area contributed by atoms with Crippen LogP contribution < -0.4 is 16.0 Å². The third-order valence-electron chi connectivity index (χ3n) is 4.70. The number of hydrogen-bond acceptors (Lipinski definition) is 3. The van der Waals surface area contributed by atoms with Crippen LogP contribution in [-0.4, -0.2) is 55.5 Å². The lowest BCUT2D eigenvalue weighted by Crippen LogP contribution is -2.44. The molecule has 27 heavy (non-hydrogen) atoms. The van der Waals surface area contributed by atoms with E-state index in [0.29, 0.717) is 24.7 Å². The zero-order valence-corrected chi connectivity index (χ0v) is 19.1. The summed E-state index contributed by atoms with van der Waals surface area (Å²) < 4.78 is 0. The van der Waals surface area contributed by atoms with E-state index in [9.17, 15) is 4.79 Å². The molecule has 0 aliphatic carbocycles. The van der Waals surface area contributed by atoms with Gasteiger partial charge in [0.15, 0.2) is 5.96 Å². The Balaban J connectivity index is 0.00000364. The van der Waals surface area contributed by atoms with Crippen LogP contribution in [-0.2, 0) is 6.54 Å². The van der Waals surface area contributed by atoms with E-state index in [1.54, 1.807) is 0 Å². The molecule has 152 valence electrons. The summed E-state index contributed by atoms with van der Waals surface area (Å²) in [6, 6.07) is 8.25. The first-order valence-electron chi connectivity index (χ1n) is 9.81. The van der Waals surface area contributed by atoms with Crippen LogP contribution in [0.1, 0.15) is 49.5 Å². The van der Waals surface area contributed by atoms with Gasteiger partial charge in [0, 0.05) is 31.2 Å². The van der Waals surface area contributed by atoms with E-state index < -0.39 is 0 Å². The summed E-state index contributed by atoms with van der Waals surface area (Å²) in [5, 5.41) is 9.61. The van der Waals surface area contributed by atoms with Crippen molar-refractivity contribution in [2.45, 2.75) is 46.2 Å². The summed E-state index contributed by atoms with van der Waals surface area (Å²) in [5.74, 6) is 0.795. The van der Waals surface area contributed by atoms with E-state index in [4.69, 9.17) is 0 Å². The van der Waals surface area contributed by atoms with Crippen molar-refractivity contribution in [1.82, 2.24) is 20.9 Å². The van der Waals surface area contributed by atoms with Gasteiger partial charge in [0.1, 0.15) is 0 Å². The second-order valence-electron chi connectivity index (χ2n) is 6.56. The van der Waals surface area contributed by atoms with Crippen molar-refractivity contribution in [2.75, 3.05) is 32.7 Å². The van der Waals surface area contributed by atoms with E-state index in [2.05, 4.69) is 39.7 Å². The largest absolute Gasteiger partial charge is 0.357 e. The van der Waals surface area contributed by atoms with Crippen molar-refractivity contribution < 1.29 is 4.79 Å². The Morgan fingerprint density at radius 1 is 1.19 bits per heavy atom. The predicted octanol–water partition coefficient (Wildman–Crippen LogP) is 2.59. The van der Waals surface area contributed by atoms with E-state index in [1.165, 1.54) is 19.4 Å². The fraction of sp³-hybridized carbons (Fsp3) is 0.600. The Labute approximate surface area is 180 Å². The van der Waals surface area contributed by atoms with Crippen LogP contribution in [0.2, 0.25) is 0 Å². The van der Waals surface area contributed by atoms with Gasteiger partial charge in [0.2, 0.25) is 0 Å². The molecule has 1 amide bonds. The van der Waals surface area contributed by atoms with Gasteiger partial charge in [-0.15, -0.1) is 24.0 Å². The second-order valence-corrected chi connectivity index (χ2v) is 6.56. The number of likely N-dealkylation sites (tertiary alicyclic amines) is 1. The lowest BCUT2D eigenvalue weighted by molar-refractivity contribution is 0.0955. The number of guanidine groups is 1. The van der Waals surface area contributed by atoms with E-state index >= 15 is 0 Å². The van der Waals surface area contributed by atoms with Gasteiger partial charge in [-0.1, -0.05) is 19.1 Å². The molecule has 1 aliphatic rings. The molecule has 2 rings (SSSR count). The first-order valence-corrected chi connectivity index (χ1v) is 9.81. The Hall–Kier alpha value is -1.35. The van der Waals surface area contributed by atoms with Crippen molar-refractivity contribution in [2.24, 2.45) is 4.99 Å². The number of amides is 1. The van der Waals surface area contributed by atoms with Crippen LogP contribution in [0.4, 0.5) is 0 Å². The minimum absolute atomic E-state index is 0. The average Bonchev–Trinajstić information content (AvgIpc) is 3.12. The molecule has 0 spiro atoms. The van der Waals surface area contributed by atoms with Gasteiger partial charge >= 0.3 is 0 Å². The highest BCUT2D eigenvalue weighted by atomic mass is 127. The quantitative estimate of drug-likeness (QED) is 0.300. The molecule has 1 aromatic carbocycles. The van der Waals surface area contributed by atoms with Gasteiger partial charge < -0.3 is 16.0 Å². The standard InChI is InChI=1S/C20H33N5O.HI/c1-4-21-19(26)17-10-7-9-16(13-17)14-23-20(22-5-2)24-15-18-11-8-12-25(18)6-3;/h7,9-10,13,18H,4-6,8,11-12,14-15H2,1-3H3,(H,21,26)(H2,22,23,24);1H. The molecule has 1 aliphatic heterocycles. The predicted molar refractivity (Wildman–Crippen MR) is 123 cm³/mol. The zero-order valence-electron chi connectivity index (χ0n) is 16.8. The molecule has 6 nitrogen and oxygen atoms in total. The van der Waals surface area contributed by atoms with Gasteiger partial charge in [-0.25, -0.2) is 4.99 Å². The first kappa shape index (κ1) is 23.7. The average molecular weight is 487 g/mol. The molecular weight excluding hydrogens is 453 g/mol. The van der Waals surface area contributed by atoms with Crippen molar-refractivity contribution in [1.29, 1.82) is 0 Å². The minimum Gasteiger partial charge on any atom is -0.357 e. The van der Waals surface area contributed by atoms with E-state index in [-0.39, 0.29) is 29.9 Å². The van der Waals surface area contributed by atoms with E-state index in [1.807, 2.05) is 31.2 Å². The van der Waals surface area contributed by atoms with Crippen LogP contribution in [0, 0.1) is 0 Å². The smallest absolute Gasteiger partial charge is 0.251 e. The topological polar surface area (TPSA) is 68.8 Å². The van der Waals surface area contributed by atoms with Crippen LogP contribution in [0.15, 0.2) is 29.3 Å². The molecule has 1 fully saturated rings. The second kappa shape index (κ2) is 12.9. The number of halogens is 1. The maximum absolute atomic E-state index is 12.0. The van der Waals surface area contributed by atoms with Crippen LogP contribution in [0.25, 0.3) is 0 Å². The maximum Gasteiger partial charge on any atom is 0.251 e. The fourth-order valence-corrected chi connectivity index (χ4v) is 3.34. The Kier molecular flexibility index (Phi) is 11.3. The molecule has 3 N–H and O–H groups in total. The van der Waals surface area contributed by atoms with Gasteiger partial charge in [0.25, 0.3) is 5.91 Å². The highest BCUT2D eigenvalue weighted by Crippen LogP contribution is 2.15. The first-order chi connectivity index (χ1) is 12.7. The minimum atomic E-state index is -0.0377.